The predicted molar refractivity (Wildman–Crippen MR) is 65.1 cm³/mol. The Morgan fingerprint density at radius 2 is 2.23 bits per heavy atom. The van der Waals surface area contributed by atoms with Gasteiger partial charge in [-0.2, -0.15) is 0 Å². The van der Waals surface area contributed by atoms with E-state index in [1.807, 2.05) is 0 Å². The number of nitrogens with zero attached hydrogens (tertiary/aromatic N) is 1. The standard InChI is InChI=1S/C9H17IN2O/c1-7(2)4-5-12-6-8(10)9(11)13-3/h6-7H,4-5,11H2,1-3H3. The molecule has 0 aromatic heterocycles. The van der Waals surface area contributed by atoms with Gasteiger partial charge in [0.25, 0.3) is 0 Å². The molecular weight excluding hydrogens is 279 g/mol. The molecule has 0 unspecified atom stereocenters. The molecule has 0 aromatic carbocycles. The summed E-state index contributed by atoms with van der Waals surface area (Å²) in [7, 11) is 1.55. The van der Waals surface area contributed by atoms with Crippen molar-refractivity contribution in [3.05, 3.63) is 9.46 Å². The minimum absolute atomic E-state index is 0.425. The third-order valence-electron chi connectivity index (χ3n) is 1.50. The van der Waals surface area contributed by atoms with Crippen molar-refractivity contribution in [1.29, 1.82) is 0 Å². The molecule has 4 heteroatoms. The van der Waals surface area contributed by atoms with Crippen LogP contribution in [0, 0.1) is 5.92 Å². The van der Waals surface area contributed by atoms with Crippen LogP contribution < -0.4 is 5.73 Å². The van der Waals surface area contributed by atoms with Crippen LogP contribution in [0.1, 0.15) is 20.3 Å². The van der Waals surface area contributed by atoms with E-state index in [1.54, 1.807) is 13.3 Å². The van der Waals surface area contributed by atoms with Gasteiger partial charge in [0.1, 0.15) is 0 Å². The SMILES string of the molecule is COC(N)=C(I)C=NCCC(C)C. The first-order chi connectivity index (χ1) is 6.07. The monoisotopic (exact) mass is 296 g/mol. The van der Waals surface area contributed by atoms with Gasteiger partial charge < -0.3 is 10.5 Å². The van der Waals surface area contributed by atoms with E-state index in [9.17, 15) is 0 Å². The summed E-state index contributed by atoms with van der Waals surface area (Å²) in [5, 5.41) is 0. The fourth-order valence-corrected chi connectivity index (χ4v) is 1.06. The summed E-state index contributed by atoms with van der Waals surface area (Å²) in [6.45, 7) is 5.21. The molecule has 0 amide bonds. The lowest BCUT2D eigenvalue weighted by Crippen LogP contribution is -2.02. The van der Waals surface area contributed by atoms with Crippen LogP contribution in [0.25, 0.3) is 0 Å². The summed E-state index contributed by atoms with van der Waals surface area (Å²) in [6.07, 6.45) is 2.86. The lowest BCUT2D eigenvalue weighted by atomic mass is 10.1. The van der Waals surface area contributed by atoms with Crippen molar-refractivity contribution >= 4 is 28.8 Å². The molecule has 3 nitrogen and oxygen atoms in total. The molecule has 0 atom stereocenters. The van der Waals surface area contributed by atoms with Gasteiger partial charge in [-0.05, 0) is 34.9 Å². The third kappa shape index (κ3) is 6.86. The average molecular weight is 296 g/mol. The minimum Gasteiger partial charge on any atom is -0.482 e. The molecule has 2 N–H and O–H groups in total. The van der Waals surface area contributed by atoms with Crippen LogP contribution in [0.4, 0.5) is 0 Å². The van der Waals surface area contributed by atoms with Crippen LogP contribution >= 0.6 is 22.6 Å². The highest BCUT2D eigenvalue weighted by molar-refractivity contribution is 14.1. The number of aliphatic imine (C=N–C) groups is 1. The van der Waals surface area contributed by atoms with Gasteiger partial charge in [-0.3, -0.25) is 4.99 Å². The summed E-state index contributed by atoms with van der Waals surface area (Å²) in [5.74, 6) is 1.12. The maximum Gasteiger partial charge on any atom is 0.199 e. The van der Waals surface area contributed by atoms with Gasteiger partial charge in [-0.1, -0.05) is 13.8 Å². The van der Waals surface area contributed by atoms with E-state index >= 15 is 0 Å². The van der Waals surface area contributed by atoms with E-state index in [2.05, 4.69) is 41.4 Å². The number of halogens is 1. The molecule has 0 bridgehead atoms. The molecule has 0 aromatic rings. The molecule has 0 saturated carbocycles. The maximum atomic E-state index is 5.52. The van der Waals surface area contributed by atoms with Crippen molar-refractivity contribution in [3.63, 3.8) is 0 Å². The molecule has 0 spiro atoms. The van der Waals surface area contributed by atoms with Crippen molar-refractivity contribution in [2.45, 2.75) is 20.3 Å². The molecule has 13 heavy (non-hydrogen) atoms. The highest BCUT2D eigenvalue weighted by atomic mass is 127. The van der Waals surface area contributed by atoms with E-state index in [0.29, 0.717) is 11.8 Å². The van der Waals surface area contributed by atoms with Gasteiger partial charge in [0, 0.05) is 12.8 Å². The highest BCUT2D eigenvalue weighted by Crippen LogP contribution is 2.06. The van der Waals surface area contributed by atoms with Crippen LogP contribution in [0.2, 0.25) is 0 Å². The van der Waals surface area contributed by atoms with Crippen LogP contribution in [0.15, 0.2) is 14.5 Å². The van der Waals surface area contributed by atoms with Crippen molar-refractivity contribution in [3.8, 4) is 0 Å². The minimum atomic E-state index is 0.425. The lowest BCUT2D eigenvalue weighted by Gasteiger charge is -2.00. The summed E-state index contributed by atoms with van der Waals surface area (Å²) < 4.78 is 5.70. The topological polar surface area (TPSA) is 47.6 Å². The van der Waals surface area contributed by atoms with Gasteiger partial charge in [0.05, 0.1) is 10.7 Å². The molecule has 0 saturated heterocycles. The molecule has 0 aliphatic rings. The number of rotatable bonds is 5. The predicted octanol–water partition coefficient (Wildman–Crippen LogP) is 2.31. The fourth-order valence-electron chi connectivity index (χ4n) is 0.639. The zero-order valence-corrected chi connectivity index (χ0v) is 10.5. The Labute approximate surface area is 93.6 Å². The zero-order chi connectivity index (χ0) is 10.3. The van der Waals surface area contributed by atoms with Gasteiger partial charge in [0.2, 0.25) is 0 Å². The van der Waals surface area contributed by atoms with Gasteiger partial charge >= 0.3 is 0 Å². The smallest absolute Gasteiger partial charge is 0.199 e. The first-order valence-electron chi connectivity index (χ1n) is 4.27. The lowest BCUT2D eigenvalue weighted by molar-refractivity contribution is 0.288. The molecule has 0 heterocycles. The Balaban J connectivity index is 3.85. The highest BCUT2D eigenvalue weighted by Gasteiger charge is 1.95. The first-order valence-corrected chi connectivity index (χ1v) is 5.34. The van der Waals surface area contributed by atoms with Crippen molar-refractivity contribution in [2.75, 3.05) is 13.7 Å². The van der Waals surface area contributed by atoms with E-state index in [-0.39, 0.29) is 0 Å². The van der Waals surface area contributed by atoms with E-state index < -0.39 is 0 Å². The molecule has 0 aliphatic carbocycles. The third-order valence-corrected chi connectivity index (χ3v) is 2.31. The quantitative estimate of drug-likeness (QED) is 0.481. The van der Waals surface area contributed by atoms with Crippen molar-refractivity contribution in [2.24, 2.45) is 16.6 Å². The molecule has 0 fully saturated rings. The van der Waals surface area contributed by atoms with E-state index in [1.165, 1.54) is 0 Å². The van der Waals surface area contributed by atoms with Crippen LogP contribution in [-0.4, -0.2) is 19.9 Å². The Bertz CT molecular complexity index is 200. The van der Waals surface area contributed by atoms with Gasteiger partial charge in [-0.25, -0.2) is 0 Å². The molecule has 0 rings (SSSR count). The van der Waals surface area contributed by atoms with Crippen LogP contribution in [0.5, 0.6) is 0 Å². The van der Waals surface area contributed by atoms with Crippen molar-refractivity contribution < 1.29 is 4.74 Å². The fraction of sp³-hybridized carbons (Fsp3) is 0.667. The van der Waals surface area contributed by atoms with Gasteiger partial charge in [-0.15, -0.1) is 0 Å². The normalized spacial score (nSPS) is 13.6. The number of hydrogen-bond acceptors (Lipinski definition) is 3. The first kappa shape index (κ1) is 12.7. The number of allylic oxidation sites excluding steroid dienone is 1. The molecular formula is C9H17IN2O. The Hall–Kier alpha value is -0.260. The van der Waals surface area contributed by atoms with E-state index in [0.717, 1.165) is 16.5 Å². The summed E-state index contributed by atoms with van der Waals surface area (Å²) in [4.78, 5) is 4.23. The van der Waals surface area contributed by atoms with Crippen molar-refractivity contribution in [1.82, 2.24) is 0 Å². The second kappa shape index (κ2) is 7.17. The summed E-state index contributed by atoms with van der Waals surface area (Å²) >= 11 is 2.10. The second-order valence-corrected chi connectivity index (χ2v) is 4.30. The average Bonchev–Trinajstić information content (AvgIpc) is 2.10. The summed E-state index contributed by atoms with van der Waals surface area (Å²) in [6, 6.07) is 0. The second-order valence-electron chi connectivity index (χ2n) is 3.13. The van der Waals surface area contributed by atoms with Gasteiger partial charge in [0.15, 0.2) is 5.88 Å². The van der Waals surface area contributed by atoms with E-state index in [4.69, 9.17) is 10.5 Å². The molecule has 0 aliphatic heterocycles. The number of hydrogen-bond donors (Lipinski definition) is 1. The molecule has 76 valence electrons. The summed E-state index contributed by atoms with van der Waals surface area (Å²) in [5.41, 5.74) is 5.52. The molecule has 0 radical (unpaired) electrons. The Kier molecular flexibility index (Phi) is 7.03. The zero-order valence-electron chi connectivity index (χ0n) is 8.38. The number of nitrogens with two attached hydrogens (primary N) is 1. The Morgan fingerprint density at radius 3 is 2.69 bits per heavy atom. The van der Waals surface area contributed by atoms with Crippen LogP contribution in [0.3, 0.4) is 0 Å². The number of ether oxygens (including phenoxy) is 1. The Morgan fingerprint density at radius 1 is 1.62 bits per heavy atom. The number of methoxy groups -OCH3 is 1. The maximum absolute atomic E-state index is 5.52. The van der Waals surface area contributed by atoms with Crippen LogP contribution in [-0.2, 0) is 4.74 Å². The largest absolute Gasteiger partial charge is 0.482 e.